The summed E-state index contributed by atoms with van der Waals surface area (Å²) in [6.45, 7) is 14.4. The average Bonchev–Trinajstić information content (AvgIpc) is 0.907. The Labute approximate surface area is 638 Å². The van der Waals surface area contributed by atoms with E-state index >= 15 is 0 Å². The highest BCUT2D eigenvalue weighted by Crippen LogP contribution is 2.45. The summed E-state index contributed by atoms with van der Waals surface area (Å²) in [5, 5.41) is 10.7. The Morgan fingerprint density at radius 2 is 0.462 bits per heavy atom. The number of carbonyl (C=O) groups is 4. The fraction of sp³-hybridized carbons (Fsp3) is 0.953. The van der Waals surface area contributed by atoms with Gasteiger partial charge >= 0.3 is 39.5 Å². The van der Waals surface area contributed by atoms with E-state index in [1.807, 2.05) is 0 Å². The molecular formula is C85H166O17P2. The van der Waals surface area contributed by atoms with Gasteiger partial charge in [0.2, 0.25) is 0 Å². The Hall–Kier alpha value is -1.94. The van der Waals surface area contributed by atoms with Crippen LogP contribution in [0.15, 0.2) is 0 Å². The Kier molecular flexibility index (Phi) is 72.5. The molecule has 0 amide bonds. The Bertz CT molecular complexity index is 2030. The molecule has 0 aromatic carbocycles. The van der Waals surface area contributed by atoms with Gasteiger partial charge in [-0.1, -0.05) is 389 Å². The topological polar surface area (TPSA) is 237 Å². The first-order chi connectivity index (χ1) is 50.2. The summed E-state index contributed by atoms with van der Waals surface area (Å²) in [5.74, 6) is 1.10. The van der Waals surface area contributed by atoms with E-state index in [9.17, 15) is 43.2 Å². The van der Waals surface area contributed by atoms with Crippen molar-refractivity contribution in [1.82, 2.24) is 0 Å². The zero-order valence-corrected chi connectivity index (χ0v) is 70.5. The molecule has 0 saturated heterocycles. The molecule has 104 heavy (non-hydrogen) atoms. The molecule has 0 rings (SSSR count). The predicted octanol–water partition coefficient (Wildman–Crippen LogP) is 25.6. The summed E-state index contributed by atoms with van der Waals surface area (Å²) in [4.78, 5) is 73.2. The predicted molar refractivity (Wildman–Crippen MR) is 428 cm³/mol. The van der Waals surface area contributed by atoms with Crippen LogP contribution in [0.2, 0.25) is 0 Å². The first-order valence-corrected chi connectivity index (χ1v) is 46.8. The molecule has 19 heteroatoms. The molecule has 0 aliphatic carbocycles. The number of hydrogen-bond donors (Lipinski definition) is 3. The van der Waals surface area contributed by atoms with E-state index in [0.29, 0.717) is 25.7 Å². The summed E-state index contributed by atoms with van der Waals surface area (Å²) in [7, 11) is -9.93. The average molecular weight is 1520 g/mol. The van der Waals surface area contributed by atoms with Crippen LogP contribution in [0.5, 0.6) is 0 Å². The van der Waals surface area contributed by atoms with E-state index in [4.69, 9.17) is 37.0 Å². The van der Waals surface area contributed by atoms with Crippen molar-refractivity contribution in [3.05, 3.63) is 0 Å². The number of rotatable bonds is 82. The van der Waals surface area contributed by atoms with Crippen LogP contribution in [0.4, 0.5) is 0 Å². The number of hydrogen-bond acceptors (Lipinski definition) is 15. The molecule has 17 nitrogen and oxygen atoms in total. The van der Waals surface area contributed by atoms with Crippen LogP contribution >= 0.6 is 15.6 Å². The fourth-order valence-electron chi connectivity index (χ4n) is 13.1. The molecule has 7 atom stereocenters. The van der Waals surface area contributed by atoms with Crippen LogP contribution in [0.25, 0.3) is 0 Å². The van der Waals surface area contributed by atoms with Gasteiger partial charge in [0, 0.05) is 25.7 Å². The van der Waals surface area contributed by atoms with Crippen molar-refractivity contribution >= 4 is 39.5 Å². The maximum absolute atomic E-state index is 13.1. The van der Waals surface area contributed by atoms with E-state index in [1.54, 1.807) is 0 Å². The van der Waals surface area contributed by atoms with E-state index in [2.05, 4.69) is 55.4 Å². The summed E-state index contributed by atoms with van der Waals surface area (Å²) >= 11 is 0. The highest BCUT2D eigenvalue weighted by Gasteiger charge is 2.30. The first-order valence-electron chi connectivity index (χ1n) is 43.8. The van der Waals surface area contributed by atoms with Gasteiger partial charge in [-0.2, -0.15) is 0 Å². The molecule has 0 aliphatic rings. The van der Waals surface area contributed by atoms with Crippen molar-refractivity contribution in [2.45, 2.75) is 459 Å². The molecule has 0 saturated carbocycles. The van der Waals surface area contributed by atoms with Crippen LogP contribution < -0.4 is 0 Å². The monoisotopic (exact) mass is 1520 g/mol. The zero-order valence-electron chi connectivity index (χ0n) is 68.7. The molecule has 618 valence electrons. The minimum absolute atomic E-state index is 0.106. The normalized spacial score (nSPS) is 14.5. The lowest BCUT2D eigenvalue weighted by molar-refractivity contribution is -0.161. The van der Waals surface area contributed by atoms with E-state index < -0.39 is 97.5 Å². The highest BCUT2D eigenvalue weighted by atomic mass is 31.2. The molecule has 0 aliphatic heterocycles. The van der Waals surface area contributed by atoms with Gasteiger partial charge < -0.3 is 33.8 Å². The lowest BCUT2D eigenvalue weighted by atomic mass is 9.99. The van der Waals surface area contributed by atoms with Crippen LogP contribution in [0.1, 0.15) is 441 Å². The van der Waals surface area contributed by atoms with Gasteiger partial charge in [-0.25, -0.2) is 9.13 Å². The number of phosphoric ester groups is 2. The van der Waals surface area contributed by atoms with Crippen molar-refractivity contribution < 1.29 is 80.2 Å². The molecule has 0 radical (unpaired) electrons. The molecule has 3 N–H and O–H groups in total. The Morgan fingerprint density at radius 3 is 0.683 bits per heavy atom. The van der Waals surface area contributed by atoms with Gasteiger partial charge in [-0.3, -0.25) is 37.3 Å². The van der Waals surface area contributed by atoms with Crippen molar-refractivity contribution in [2.75, 3.05) is 39.6 Å². The maximum atomic E-state index is 13.1. The van der Waals surface area contributed by atoms with Gasteiger partial charge in [0.1, 0.15) is 19.3 Å². The molecule has 0 aromatic rings. The highest BCUT2D eigenvalue weighted by molar-refractivity contribution is 7.47. The minimum Gasteiger partial charge on any atom is -0.462 e. The molecule has 0 aromatic heterocycles. The lowest BCUT2D eigenvalue weighted by Gasteiger charge is -2.21. The second-order valence-electron chi connectivity index (χ2n) is 32.0. The van der Waals surface area contributed by atoms with E-state index in [-0.39, 0.29) is 25.7 Å². The molecule has 0 heterocycles. The van der Waals surface area contributed by atoms with E-state index in [1.165, 1.54) is 244 Å². The SMILES string of the molecule is CCC(C)CCCCCCCCCCCCCCCCCCCCC(=O)O[C@H](COC(=O)CCCCCCCCCCCCCCCC(C)C)COP(=O)(O)OC[C@@H](O)COP(=O)(O)OC[C@@H](COC(=O)CCCCCCCCCCCC(C)C)OC(=O)CCCCCCCCCCCCC(C)CC. The first kappa shape index (κ1) is 102. The van der Waals surface area contributed by atoms with Gasteiger partial charge in [0.15, 0.2) is 12.2 Å². The van der Waals surface area contributed by atoms with Crippen LogP contribution in [-0.4, -0.2) is 96.7 Å². The number of unbranched alkanes of at least 4 members (excludes halogenated alkanes) is 46. The van der Waals surface area contributed by atoms with Gasteiger partial charge in [-0.05, 0) is 49.4 Å². The standard InChI is InChI=1S/C85H166O17P2/c1-9-77(7)63-55-47-39-31-23-19-15-13-11-12-14-16-20-25-34-43-51-59-67-84(89)101-80(71-95-82(87)65-57-49-41-33-24-21-17-18-22-29-37-45-53-61-75(3)4)73-99-103(91,92)97-69-79(86)70-98-104(93,94)100-74-81(72-96-83(88)66-58-50-42-36-28-30-38-46-54-62-76(5)6)102-85(90)68-60-52-44-35-27-26-32-40-48-56-64-78(8)10-2/h75-81,86H,9-74H2,1-8H3,(H,91,92)(H,93,94)/t77?,78?,79-,80-,81-/m1/s1. The molecule has 0 bridgehead atoms. The third-order valence-electron chi connectivity index (χ3n) is 20.5. The zero-order chi connectivity index (χ0) is 76.7. The lowest BCUT2D eigenvalue weighted by Crippen LogP contribution is -2.30. The summed E-state index contributed by atoms with van der Waals surface area (Å²) in [5.41, 5.74) is 0. The van der Waals surface area contributed by atoms with Crippen molar-refractivity contribution in [3.8, 4) is 0 Å². The second kappa shape index (κ2) is 73.8. The van der Waals surface area contributed by atoms with Crippen LogP contribution in [0, 0.1) is 23.7 Å². The number of phosphoric acid groups is 2. The molecule has 0 fully saturated rings. The third-order valence-corrected chi connectivity index (χ3v) is 22.4. The number of carbonyl (C=O) groups excluding carboxylic acids is 4. The Morgan fingerprint density at radius 1 is 0.269 bits per heavy atom. The quantitative estimate of drug-likeness (QED) is 0.0222. The fourth-order valence-corrected chi connectivity index (χ4v) is 14.7. The van der Waals surface area contributed by atoms with Crippen molar-refractivity contribution in [1.29, 1.82) is 0 Å². The van der Waals surface area contributed by atoms with Gasteiger partial charge in [0.05, 0.1) is 26.4 Å². The van der Waals surface area contributed by atoms with E-state index in [0.717, 1.165) is 114 Å². The summed E-state index contributed by atoms with van der Waals surface area (Å²) in [6.07, 6.45) is 62.3. The number of ether oxygens (including phenoxy) is 4. The maximum Gasteiger partial charge on any atom is 0.472 e. The minimum atomic E-state index is -4.97. The smallest absolute Gasteiger partial charge is 0.462 e. The van der Waals surface area contributed by atoms with Crippen molar-refractivity contribution in [3.63, 3.8) is 0 Å². The third kappa shape index (κ3) is 75.5. The van der Waals surface area contributed by atoms with Crippen LogP contribution in [0.3, 0.4) is 0 Å². The van der Waals surface area contributed by atoms with Crippen molar-refractivity contribution in [2.24, 2.45) is 23.7 Å². The van der Waals surface area contributed by atoms with Crippen LogP contribution in [-0.2, 0) is 65.4 Å². The van der Waals surface area contributed by atoms with Gasteiger partial charge in [-0.15, -0.1) is 0 Å². The Balaban J connectivity index is 5.25. The second-order valence-corrected chi connectivity index (χ2v) is 34.9. The largest absolute Gasteiger partial charge is 0.472 e. The summed E-state index contributed by atoms with van der Waals surface area (Å²) < 4.78 is 68.9. The molecule has 4 unspecified atom stereocenters. The number of aliphatic hydroxyl groups excluding tert-OH is 1. The summed E-state index contributed by atoms with van der Waals surface area (Å²) in [6, 6.07) is 0. The van der Waals surface area contributed by atoms with Gasteiger partial charge in [0.25, 0.3) is 0 Å². The number of esters is 4. The number of aliphatic hydroxyl groups is 1. The molecular weight excluding hydrogens is 1350 g/mol. The molecule has 0 spiro atoms.